The first-order valence-corrected chi connectivity index (χ1v) is 6.29. The van der Waals surface area contributed by atoms with E-state index >= 15 is 0 Å². The Labute approximate surface area is 103 Å². The summed E-state index contributed by atoms with van der Waals surface area (Å²) in [5.41, 5.74) is 7.68. The maximum Gasteiger partial charge on any atom is 0.126 e. The summed E-state index contributed by atoms with van der Waals surface area (Å²) in [4.78, 5) is 2.36. The Morgan fingerprint density at radius 2 is 2.29 bits per heavy atom. The highest BCUT2D eigenvalue weighted by atomic mass is 19.1. The SMILES string of the molecule is Cc1ccc(CN2CCC(C(C)N)C2)cc1F. The van der Waals surface area contributed by atoms with Crippen molar-refractivity contribution in [1.29, 1.82) is 0 Å². The minimum atomic E-state index is -0.106. The number of nitrogens with two attached hydrogens (primary N) is 1. The zero-order chi connectivity index (χ0) is 12.4. The topological polar surface area (TPSA) is 29.3 Å². The summed E-state index contributed by atoms with van der Waals surface area (Å²) in [7, 11) is 0. The average molecular weight is 236 g/mol. The summed E-state index contributed by atoms with van der Waals surface area (Å²) >= 11 is 0. The molecule has 0 amide bonds. The van der Waals surface area contributed by atoms with Gasteiger partial charge in [0.15, 0.2) is 0 Å². The van der Waals surface area contributed by atoms with E-state index in [4.69, 9.17) is 5.73 Å². The third-order valence-electron chi connectivity index (χ3n) is 3.69. The van der Waals surface area contributed by atoms with Crippen LogP contribution in [0.5, 0.6) is 0 Å². The number of halogens is 1. The number of nitrogens with zero attached hydrogens (tertiary/aromatic N) is 1. The van der Waals surface area contributed by atoms with E-state index in [1.165, 1.54) is 0 Å². The van der Waals surface area contributed by atoms with Gasteiger partial charge in [-0.1, -0.05) is 12.1 Å². The Bertz CT molecular complexity index is 390. The molecule has 94 valence electrons. The second-order valence-corrected chi connectivity index (χ2v) is 5.23. The Hall–Kier alpha value is -0.930. The van der Waals surface area contributed by atoms with Crippen molar-refractivity contribution in [3.05, 3.63) is 35.1 Å². The molecule has 2 unspecified atom stereocenters. The molecule has 1 heterocycles. The monoisotopic (exact) mass is 236 g/mol. The molecule has 1 aliphatic rings. The van der Waals surface area contributed by atoms with Crippen LogP contribution in [0.25, 0.3) is 0 Å². The summed E-state index contributed by atoms with van der Waals surface area (Å²) in [6.45, 7) is 6.80. The maximum atomic E-state index is 13.4. The van der Waals surface area contributed by atoms with Gasteiger partial charge in [-0.15, -0.1) is 0 Å². The Morgan fingerprint density at radius 3 is 2.88 bits per heavy atom. The molecular weight excluding hydrogens is 215 g/mol. The Kier molecular flexibility index (Phi) is 3.79. The minimum Gasteiger partial charge on any atom is -0.328 e. The van der Waals surface area contributed by atoms with Gasteiger partial charge in [-0.3, -0.25) is 4.90 Å². The third kappa shape index (κ3) is 3.05. The van der Waals surface area contributed by atoms with Gasteiger partial charge in [0.05, 0.1) is 0 Å². The average Bonchev–Trinajstić information content (AvgIpc) is 2.72. The number of aryl methyl sites for hydroxylation is 1. The van der Waals surface area contributed by atoms with Crippen LogP contribution in [0.4, 0.5) is 4.39 Å². The van der Waals surface area contributed by atoms with Gasteiger partial charge in [0.1, 0.15) is 5.82 Å². The molecule has 1 fully saturated rings. The molecule has 2 rings (SSSR count). The molecule has 0 bridgehead atoms. The number of rotatable bonds is 3. The van der Waals surface area contributed by atoms with Crippen molar-refractivity contribution in [3.8, 4) is 0 Å². The molecule has 17 heavy (non-hydrogen) atoms. The maximum absolute atomic E-state index is 13.4. The van der Waals surface area contributed by atoms with E-state index in [0.717, 1.165) is 31.6 Å². The fourth-order valence-corrected chi connectivity index (χ4v) is 2.43. The van der Waals surface area contributed by atoms with Crippen molar-refractivity contribution in [2.45, 2.75) is 32.9 Å². The van der Waals surface area contributed by atoms with Gasteiger partial charge in [-0.2, -0.15) is 0 Å². The summed E-state index contributed by atoms with van der Waals surface area (Å²) in [5.74, 6) is 0.482. The molecule has 1 aromatic rings. The number of likely N-dealkylation sites (tertiary alicyclic amines) is 1. The second kappa shape index (κ2) is 5.15. The van der Waals surface area contributed by atoms with E-state index in [2.05, 4.69) is 11.8 Å². The summed E-state index contributed by atoms with van der Waals surface area (Å²) < 4.78 is 13.4. The largest absolute Gasteiger partial charge is 0.328 e. The van der Waals surface area contributed by atoms with Crippen molar-refractivity contribution in [3.63, 3.8) is 0 Å². The molecule has 0 radical (unpaired) electrons. The van der Waals surface area contributed by atoms with Crippen molar-refractivity contribution in [2.75, 3.05) is 13.1 Å². The molecule has 0 aliphatic carbocycles. The lowest BCUT2D eigenvalue weighted by atomic mass is 10.0. The van der Waals surface area contributed by atoms with Crippen molar-refractivity contribution in [1.82, 2.24) is 4.90 Å². The number of hydrogen-bond donors (Lipinski definition) is 1. The van der Waals surface area contributed by atoms with Crippen LogP contribution < -0.4 is 5.73 Å². The van der Waals surface area contributed by atoms with Gasteiger partial charge in [-0.05, 0) is 49.9 Å². The molecule has 0 aromatic heterocycles. The predicted octanol–water partition coefficient (Wildman–Crippen LogP) is 2.30. The van der Waals surface area contributed by atoms with E-state index in [0.29, 0.717) is 11.5 Å². The summed E-state index contributed by atoms with van der Waals surface area (Å²) in [6, 6.07) is 5.77. The van der Waals surface area contributed by atoms with E-state index < -0.39 is 0 Å². The molecule has 0 saturated carbocycles. The van der Waals surface area contributed by atoms with E-state index in [-0.39, 0.29) is 11.9 Å². The van der Waals surface area contributed by atoms with Crippen LogP contribution in [0.1, 0.15) is 24.5 Å². The Balaban J connectivity index is 1.96. The van der Waals surface area contributed by atoms with E-state index in [1.807, 2.05) is 12.1 Å². The van der Waals surface area contributed by atoms with Gasteiger partial charge in [-0.25, -0.2) is 4.39 Å². The number of benzene rings is 1. The molecule has 1 saturated heterocycles. The first-order chi connectivity index (χ1) is 8.06. The smallest absolute Gasteiger partial charge is 0.126 e. The van der Waals surface area contributed by atoms with Crippen molar-refractivity contribution >= 4 is 0 Å². The zero-order valence-electron chi connectivity index (χ0n) is 10.6. The molecule has 1 aromatic carbocycles. The van der Waals surface area contributed by atoms with Gasteiger partial charge in [0, 0.05) is 19.1 Å². The highest BCUT2D eigenvalue weighted by Gasteiger charge is 2.24. The van der Waals surface area contributed by atoms with Crippen LogP contribution in [-0.2, 0) is 6.54 Å². The first-order valence-electron chi connectivity index (χ1n) is 6.29. The summed E-state index contributed by atoms with van der Waals surface area (Å²) in [5, 5.41) is 0. The van der Waals surface area contributed by atoms with Gasteiger partial charge < -0.3 is 5.73 Å². The lowest BCUT2D eigenvalue weighted by Gasteiger charge is -2.18. The van der Waals surface area contributed by atoms with Crippen LogP contribution in [0.3, 0.4) is 0 Å². The third-order valence-corrected chi connectivity index (χ3v) is 3.69. The second-order valence-electron chi connectivity index (χ2n) is 5.23. The molecule has 0 spiro atoms. The lowest BCUT2D eigenvalue weighted by molar-refractivity contribution is 0.308. The van der Waals surface area contributed by atoms with Crippen molar-refractivity contribution in [2.24, 2.45) is 11.7 Å². The zero-order valence-corrected chi connectivity index (χ0v) is 10.6. The van der Waals surface area contributed by atoms with E-state index in [1.54, 1.807) is 13.0 Å². The molecular formula is C14H21FN2. The molecule has 2 nitrogen and oxygen atoms in total. The minimum absolute atomic E-state index is 0.106. The van der Waals surface area contributed by atoms with E-state index in [9.17, 15) is 4.39 Å². The van der Waals surface area contributed by atoms with Crippen LogP contribution in [-0.4, -0.2) is 24.0 Å². The highest BCUT2D eigenvalue weighted by molar-refractivity contribution is 5.23. The standard InChI is InChI=1S/C14H21FN2/c1-10-3-4-12(7-14(10)15)8-17-6-5-13(9-17)11(2)16/h3-4,7,11,13H,5-6,8-9,16H2,1-2H3. The normalized spacial score (nSPS) is 22.9. The van der Waals surface area contributed by atoms with Gasteiger partial charge in [0.25, 0.3) is 0 Å². The summed E-state index contributed by atoms with van der Waals surface area (Å²) in [6.07, 6.45) is 1.16. The molecule has 1 aliphatic heterocycles. The lowest BCUT2D eigenvalue weighted by Crippen LogP contribution is -2.29. The van der Waals surface area contributed by atoms with Gasteiger partial charge >= 0.3 is 0 Å². The fourth-order valence-electron chi connectivity index (χ4n) is 2.43. The fraction of sp³-hybridized carbons (Fsp3) is 0.571. The highest BCUT2D eigenvalue weighted by Crippen LogP contribution is 2.21. The predicted molar refractivity (Wildman–Crippen MR) is 68.2 cm³/mol. The van der Waals surface area contributed by atoms with Crippen LogP contribution in [0.2, 0.25) is 0 Å². The van der Waals surface area contributed by atoms with Crippen LogP contribution in [0, 0.1) is 18.7 Å². The molecule has 2 N–H and O–H groups in total. The Morgan fingerprint density at radius 1 is 1.53 bits per heavy atom. The molecule has 3 heteroatoms. The van der Waals surface area contributed by atoms with Crippen molar-refractivity contribution < 1.29 is 4.39 Å². The number of hydrogen-bond acceptors (Lipinski definition) is 2. The van der Waals surface area contributed by atoms with Crippen LogP contribution >= 0.6 is 0 Å². The molecule has 2 atom stereocenters. The van der Waals surface area contributed by atoms with Crippen LogP contribution in [0.15, 0.2) is 18.2 Å². The van der Waals surface area contributed by atoms with Gasteiger partial charge in [0.2, 0.25) is 0 Å². The quantitative estimate of drug-likeness (QED) is 0.872. The first kappa shape index (κ1) is 12.5.